The smallest absolute Gasteiger partial charge is 0.322 e. The fraction of sp³-hybridized carbons (Fsp3) is 0.250. The first-order chi connectivity index (χ1) is 11.6. The highest BCUT2D eigenvalue weighted by Gasteiger charge is 2.33. The Balaban J connectivity index is 1.86. The number of ether oxygens (including phenoxy) is 1. The zero-order chi connectivity index (χ0) is 16.7. The number of rotatable bonds is 3. The summed E-state index contributed by atoms with van der Waals surface area (Å²) in [5, 5.41) is 3.14. The van der Waals surface area contributed by atoms with Gasteiger partial charge in [-0.1, -0.05) is 42.5 Å². The summed E-state index contributed by atoms with van der Waals surface area (Å²) in [4.78, 5) is 14.5. The van der Waals surface area contributed by atoms with E-state index in [2.05, 4.69) is 18.0 Å². The number of urea groups is 1. The third-order valence-electron chi connectivity index (χ3n) is 4.51. The summed E-state index contributed by atoms with van der Waals surface area (Å²) in [6, 6.07) is 14.0. The number of carbonyl (C=O) groups excluding carboxylic acids is 1. The lowest BCUT2D eigenvalue weighted by Crippen LogP contribution is -2.47. The van der Waals surface area contributed by atoms with Crippen molar-refractivity contribution in [2.24, 2.45) is 0 Å². The third-order valence-corrected chi connectivity index (χ3v) is 4.51. The zero-order valence-electron chi connectivity index (χ0n) is 13.7. The first kappa shape index (κ1) is 14.8. The summed E-state index contributed by atoms with van der Waals surface area (Å²) in [5.41, 5.74) is 5.26. The topological polar surface area (TPSA) is 41.6 Å². The maximum absolute atomic E-state index is 12.7. The molecule has 4 heteroatoms. The Labute approximate surface area is 141 Å². The third kappa shape index (κ3) is 2.44. The molecule has 0 bridgehead atoms. The standard InChI is InChI=1S/C20H20N2O2/c1-13(2)12-22-17-11-18-15(8-9-24-18)10-16(17)19(21-20(22)23)14-6-4-3-5-7-14/h3-7,10-11,19H,1,8-9,12H2,2H3,(H,21,23). The van der Waals surface area contributed by atoms with Crippen molar-refractivity contribution < 1.29 is 9.53 Å². The van der Waals surface area contributed by atoms with Gasteiger partial charge in [-0.3, -0.25) is 4.90 Å². The fourth-order valence-electron chi connectivity index (χ4n) is 3.42. The maximum Gasteiger partial charge on any atom is 0.322 e. The van der Waals surface area contributed by atoms with Crippen LogP contribution in [0.5, 0.6) is 5.75 Å². The first-order valence-corrected chi connectivity index (χ1v) is 8.20. The summed E-state index contributed by atoms with van der Waals surface area (Å²) >= 11 is 0. The van der Waals surface area contributed by atoms with Crippen molar-refractivity contribution >= 4 is 11.7 Å². The molecule has 122 valence electrons. The lowest BCUT2D eigenvalue weighted by molar-refractivity contribution is 0.243. The number of hydrogen-bond donors (Lipinski definition) is 1. The monoisotopic (exact) mass is 320 g/mol. The molecule has 0 fully saturated rings. The molecule has 1 atom stereocenters. The van der Waals surface area contributed by atoms with E-state index in [-0.39, 0.29) is 12.1 Å². The van der Waals surface area contributed by atoms with Gasteiger partial charge < -0.3 is 10.1 Å². The van der Waals surface area contributed by atoms with Gasteiger partial charge in [0, 0.05) is 24.6 Å². The van der Waals surface area contributed by atoms with E-state index in [1.54, 1.807) is 4.90 Å². The minimum atomic E-state index is -0.138. The zero-order valence-corrected chi connectivity index (χ0v) is 13.7. The number of anilines is 1. The van der Waals surface area contributed by atoms with Crippen molar-refractivity contribution in [3.05, 3.63) is 71.3 Å². The molecule has 0 saturated heterocycles. The van der Waals surface area contributed by atoms with Crippen LogP contribution in [-0.4, -0.2) is 19.2 Å². The lowest BCUT2D eigenvalue weighted by atomic mass is 9.92. The molecule has 2 amide bonds. The predicted octanol–water partition coefficient (Wildman–Crippen LogP) is 3.82. The van der Waals surface area contributed by atoms with Crippen LogP contribution in [0.1, 0.15) is 29.7 Å². The predicted molar refractivity (Wildman–Crippen MR) is 94.6 cm³/mol. The molecule has 0 radical (unpaired) electrons. The van der Waals surface area contributed by atoms with Crippen LogP contribution in [-0.2, 0) is 6.42 Å². The summed E-state index contributed by atoms with van der Waals surface area (Å²) in [6.07, 6.45) is 0.915. The van der Waals surface area contributed by atoms with Crippen molar-refractivity contribution in [2.75, 3.05) is 18.1 Å². The van der Waals surface area contributed by atoms with Crippen molar-refractivity contribution in [3.63, 3.8) is 0 Å². The minimum Gasteiger partial charge on any atom is -0.493 e. The SMILES string of the molecule is C=C(C)CN1C(=O)NC(c2ccccc2)c2cc3c(cc21)OCC3. The molecule has 1 N–H and O–H groups in total. The normalized spacial score (nSPS) is 18.5. The molecule has 2 aromatic carbocycles. The Morgan fingerprint density at radius 3 is 2.88 bits per heavy atom. The molecule has 24 heavy (non-hydrogen) atoms. The van der Waals surface area contributed by atoms with Crippen LogP contribution in [0.4, 0.5) is 10.5 Å². The Bertz CT molecular complexity index is 814. The second-order valence-electron chi connectivity index (χ2n) is 6.45. The van der Waals surface area contributed by atoms with E-state index in [1.807, 2.05) is 43.3 Å². The highest BCUT2D eigenvalue weighted by atomic mass is 16.5. The quantitative estimate of drug-likeness (QED) is 0.874. The number of carbonyl (C=O) groups is 1. The molecule has 2 aliphatic heterocycles. The number of nitrogens with zero attached hydrogens (tertiary/aromatic N) is 1. The highest BCUT2D eigenvalue weighted by molar-refractivity contribution is 5.97. The largest absolute Gasteiger partial charge is 0.493 e. The average Bonchev–Trinajstić information content (AvgIpc) is 3.03. The van der Waals surface area contributed by atoms with Crippen LogP contribution < -0.4 is 15.0 Å². The van der Waals surface area contributed by atoms with Gasteiger partial charge in [0.15, 0.2) is 0 Å². The number of hydrogen-bond acceptors (Lipinski definition) is 2. The number of nitrogens with one attached hydrogen (secondary N) is 1. The van der Waals surface area contributed by atoms with E-state index in [0.29, 0.717) is 13.2 Å². The molecule has 0 saturated carbocycles. The molecule has 4 nitrogen and oxygen atoms in total. The highest BCUT2D eigenvalue weighted by Crippen LogP contribution is 2.41. The van der Waals surface area contributed by atoms with Gasteiger partial charge >= 0.3 is 6.03 Å². The number of amides is 2. The number of benzene rings is 2. The second kappa shape index (κ2) is 5.71. The Morgan fingerprint density at radius 1 is 1.33 bits per heavy atom. The van der Waals surface area contributed by atoms with Crippen LogP contribution >= 0.6 is 0 Å². The lowest BCUT2D eigenvalue weighted by Gasteiger charge is -2.36. The van der Waals surface area contributed by atoms with Gasteiger partial charge in [0.1, 0.15) is 5.75 Å². The van der Waals surface area contributed by atoms with Crippen LogP contribution in [0.15, 0.2) is 54.6 Å². The second-order valence-corrected chi connectivity index (χ2v) is 6.45. The van der Waals surface area contributed by atoms with E-state index < -0.39 is 0 Å². The Kier molecular flexibility index (Phi) is 3.53. The molecular weight excluding hydrogens is 300 g/mol. The van der Waals surface area contributed by atoms with Crippen molar-refractivity contribution in [1.29, 1.82) is 0 Å². The van der Waals surface area contributed by atoms with Crippen molar-refractivity contribution in [2.45, 2.75) is 19.4 Å². The maximum atomic E-state index is 12.7. The molecule has 0 spiro atoms. The van der Waals surface area contributed by atoms with E-state index in [0.717, 1.165) is 34.6 Å². The molecule has 1 unspecified atom stereocenters. The van der Waals surface area contributed by atoms with Crippen molar-refractivity contribution in [1.82, 2.24) is 5.32 Å². The molecule has 2 aromatic rings. The summed E-state index contributed by atoms with van der Waals surface area (Å²) < 4.78 is 5.71. The van der Waals surface area contributed by atoms with Gasteiger partial charge in [-0.25, -0.2) is 4.79 Å². The molecule has 0 aliphatic carbocycles. The summed E-state index contributed by atoms with van der Waals surface area (Å²) in [7, 11) is 0. The van der Waals surface area contributed by atoms with Gasteiger partial charge in [0.2, 0.25) is 0 Å². The van der Waals surface area contributed by atoms with Gasteiger partial charge in [0.05, 0.1) is 18.3 Å². The van der Waals surface area contributed by atoms with Crippen LogP contribution in [0, 0.1) is 0 Å². The average molecular weight is 320 g/mol. The van der Waals surface area contributed by atoms with E-state index >= 15 is 0 Å². The summed E-state index contributed by atoms with van der Waals surface area (Å²) in [5.74, 6) is 0.891. The van der Waals surface area contributed by atoms with Gasteiger partial charge in [-0.05, 0) is 24.1 Å². The van der Waals surface area contributed by atoms with E-state index in [4.69, 9.17) is 4.74 Å². The van der Waals surface area contributed by atoms with E-state index in [1.165, 1.54) is 5.56 Å². The molecular formula is C20H20N2O2. The summed E-state index contributed by atoms with van der Waals surface area (Å²) in [6.45, 7) is 7.09. The minimum absolute atomic E-state index is 0.0997. The van der Waals surface area contributed by atoms with Crippen LogP contribution in [0.2, 0.25) is 0 Å². The molecule has 2 heterocycles. The van der Waals surface area contributed by atoms with Gasteiger partial charge in [0.25, 0.3) is 0 Å². The van der Waals surface area contributed by atoms with Gasteiger partial charge in [-0.15, -0.1) is 0 Å². The van der Waals surface area contributed by atoms with Gasteiger partial charge in [-0.2, -0.15) is 0 Å². The molecule has 0 aromatic heterocycles. The fourth-order valence-corrected chi connectivity index (χ4v) is 3.42. The van der Waals surface area contributed by atoms with Crippen LogP contribution in [0.25, 0.3) is 0 Å². The van der Waals surface area contributed by atoms with Crippen LogP contribution in [0.3, 0.4) is 0 Å². The molecule has 2 aliphatic rings. The Morgan fingerprint density at radius 2 is 2.12 bits per heavy atom. The number of fused-ring (bicyclic) bond motifs is 2. The Hall–Kier alpha value is -2.75. The van der Waals surface area contributed by atoms with E-state index in [9.17, 15) is 4.79 Å². The molecule has 4 rings (SSSR count). The first-order valence-electron chi connectivity index (χ1n) is 8.20. The van der Waals surface area contributed by atoms with Crippen molar-refractivity contribution in [3.8, 4) is 5.75 Å².